The summed E-state index contributed by atoms with van der Waals surface area (Å²) in [6, 6.07) is 6.06. The maximum atomic E-state index is 8.70. The second kappa shape index (κ2) is 5.57. The Labute approximate surface area is 95.3 Å². The lowest BCUT2D eigenvalue weighted by atomic mass is 10.2. The van der Waals surface area contributed by atoms with Gasteiger partial charge in [-0.3, -0.25) is 0 Å². The van der Waals surface area contributed by atoms with E-state index in [4.69, 9.17) is 16.9 Å². The maximum absolute atomic E-state index is 8.70. The highest BCUT2D eigenvalue weighted by Gasteiger charge is 2.06. The highest BCUT2D eigenvalue weighted by molar-refractivity contribution is 6.17. The molecule has 0 bridgehead atoms. The van der Waals surface area contributed by atoms with Crippen molar-refractivity contribution in [3.8, 4) is 6.07 Å². The molecule has 0 saturated heterocycles. The quantitative estimate of drug-likeness (QED) is 0.736. The van der Waals surface area contributed by atoms with Gasteiger partial charge in [-0.15, -0.1) is 11.6 Å². The lowest BCUT2D eigenvalue weighted by Crippen LogP contribution is -2.23. The number of anilines is 1. The van der Waals surface area contributed by atoms with Gasteiger partial charge in [-0.1, -0.05) is 6.07 Å². The molecule has 0 aliphatic heterocycles. The van der Waals surface area contributed by atoms with Gasteiger partial charge in [0.2, 0.25) is 0 Å². The van der Waals surface area contributed by atoms with Crippen molar-refractivity contribution < 1.29 is 0 Å². The number of hydrogen-bond donors (Lipinski definition) is 0. The third-order valence-electron chi connectivity index (χ3n) is 2.12. The first kappa shape index (κ1) is 11.8. The Morgan fingerprint density at radius 3 is 2.80 bits per heavy atom. The SMILES string of the molecule is CC(C#N)CN(C)c1ccc(CCl)cn1. The van der Waals surface area contributed by atoms with Crippen LogP contribution in [0.2, 0.25) is 0 Å². The molecule has 0 aromatic carbocycles. The van der Waals surface area contributed by atoms with Crippen LogP contribution >= 0.6 is 11.6 Å². The molecule has 1 heterocycles. The zero-order chi connectivity index (χ0) is 11.3. The van der Waals surface area contributed by atoms with Crippen molar-refractivity contribution in [2.45, 2.75) is 12.8 Å². The second-order valence-electron chi connectivity index (χ2n) is 3.57. The monoisotopic (exact) mass is 223 g/mol. The molecule has 0 fully saturated rings. The minimum Gasteiger partial charge on any atom is -0.358 e. The van der Waals surface area contributed by atoms with Crippen LogP contribution in [0.3, 0.4) is 0 Å². The van der Waals surface area contributed by atoms with Crippen LogP contribution in [-0.4, -0.2) is 18.6 Å². The van der Waals surface area contributed by atoms with Gasteiger partial charge in [-0.05, 0) is 18.6 Å². The molecule has 0 N–H and O–H groups in total. The number of hydrogen-bond acceptors (Lipinski definition) is 3. The summed E-state index contributed by atoms with van der Waals surface area (Å²) >= 11 is 5.67. The molecule has 15 heavy (non-hydrogen) atoms. The van der Waals surface area contributed by atoms with Crippen molar-refractivity contribution in [2.24, 2.45) is 5.92 Å². The van der Waals surface area contributed by atoms with E-state index in [2.05, 4.69) is 11.1 Å². The molecule has 4 heteroatoms. The third kappa shape index (κ3) is 3.41. The van der Waals surface area contributed by atoms with E-state index in [1.165, 1.54) is 0 Å². The predicted molar refractivity (Wildman–Crippen MR) is 61.8 cm³/mol. The summed E-state index contributed by atoms with van der Waals surface area (Å²) in [5.41, 5.74) is 1.00. The number of pyridine rings is 1. The molecule has 1 aromatic rings. The Morgan fingerprint density at radius 1 is 1.60 bits per heavy atom. The van der Waals surface area contributed by atoms with Crippen LogP contribution in [0.5, 0.6) is 0 Å². The zero-order valence-electron chi connectivity index (χ0n) is 8.94. The molecule has 0 saturated carbocycles. The lowest BCUT2D eigenvalue weighted by molar-refractivity contribution is 0.710. The highest BCUT2D eigenvalue weighted by atomic mass is 35.5. The molecular formula is C11H14ClN3. The molecule has 1 atom stereocenters. The fraction of sp³-hybridized carbons (Fsp3) is 0.455. The normalized spacial score (nSPS) is 11.9. The van der Waals surface area contributed by atoms with Gasteiger partial charge in [-0.25, -0.2) is 4.98 Å². The molecule has 0 amide bonds. The van der Waals surface area contributed by atoms with E-state index in [9.17, 15) is 0 Å². The van der Waals surface area contributed by atoms with Crippen molar-refractivity contribution in [1.29, 1.82) is 5.26 Å². The summed E-state index contributed by atoms with van der Waals surface area (Å²) in [7, 11) is 1.93. The highest BCUT2D eigenvalue weighted by Crippen LogP contribution is 2.12. The zero-order valence-corrected chi connectivity index (χ0v) is 9.70. The molecule has 80 valence electrons. The summed E-state index contributed by atoms with van der Waals surface area (Å²) in [4.78, 5) is 6.23. The average Bonchev–Trinajstić information content (AvgIpc) is 2.29. The molecule has 0 spiro atoms. The Balaban J connectivity index is 2.66. The second-order valence-corrected chi connectivity index (χ2v) is 3.84. The molecule has 1 aromatic heterocycles. The average molecular weight is 224 g/mol. The number of aromatic nitrogens is 1. The largest absolute Gasteiger partial charge is 0.358 e. The van der Waals surface area contributed by atoms with E-state index in [-0.39, 0.29) is 5.92 Å². The summed E-state index contributed by atoms with van der Waals surface area (Å²) in [6.45, 7) is 2.58. The van der Waals surface area contributed by atoms with Crippen molar-refractivity contribution >= 4 is 17.4 Å². The maximum Gasteiger partial charge on any atom is 0.128 e. The Kier molecular flexibility index (Phi) is 4.38. The van der Waals surface area contributed by atoms with Crippen molar-refractivity contribution in [2.75, 3.05) is 18.5 Å². The Morgan fingerprint density at radius 2 is 2.33 bits per heavy atom. The van der Waals surface area contributed by atoms with Gasteiger partial charge in [-0.2, -0.15) is 5.26 Å². The van der Waals surface area contributed by atoms with Crippen molar-refractivity contribution in [1.82, 2.24) is 4.98 Å². The van der Waals surface area contributed by atoms with E-state index >= 15 is 0 Å². The van der Waals surface area contributed by atoms with Crippen LogP contribution < -0.4 is 4.90 Å². The van der Waals surface area contributed by atoms with E-state index in [0.29, 0.717) is 12.4 Å². The van der Waals surface area contributed by atoms with E-state index in [0.717, 1.165) is 11.4 Å². The van der Waals surface area contributed by atoms with E-state index < -0.39 is 0 Å². The minimum absolute atomic E-state index is 0.00417. The van der Waals surface area contributed by atoms with Crippen LogP contribution in [0, 0.1) is 17.2 Å². The number of rotatable bonds is 4. The first-order valence-corrected chi connectivity index (χ1v) is 5.32. The van der Waals surface area contributed by atoms with Crippen LogP contribution in [-0.2, 0) is 5.88 Å². The summed E-state index contributed by atoms with van der Waals surface area (Å²) in [5, 5.41) is 8.70. The van der Waals surface area contributed by atoms with Crippen LogP contribution in [0.15, 0.2) is 18.3 Å². The van der Waals surface area contributed by atoms with Gasteiger partial charge >= 0.3 is 0 Å². The lowest BCUT2D eigenvalue weighted by Gasteiger charge is -2.19. The van der Waals surface area contributed by atoms with Gasteiger partial charge in [0.15, 0.2) is 0 Å². The van der Waals surface area contributed by atoms with Gasteiger partial charge in [0.25, 0.3) is 0 Å². The number of alkyl halides is 1. The summed E-state index contributed by atoms with van der Waals surface area (Å²) in [6.07, 6.45) is 1.76. The van der Waals surface area contributed by atoms with Gasteiger partial charge in [0.05, 0.1) is 12.0 Å². The smallest absolute Gasteiger partial charge is 0.128 e. The van der Waals surface area contributed by atoms with Crippen molar-refractivity contribution in [3.63, 3.8) is 0 Å². The predicted octanol–water partition coefficient (Wildman–Crippen LogP) is 2.42. The van der Waals surface area contributed by atoms with E-state index in [1.807, 2.05) is 31.0 Å². The number of halogens is 1. The molecule has 1 unspecified atom stereocenters. The molecule has 1 rings (SSSR count). The first-order chi connectivity index (χ1) is 7.17. The molecule has 0 radical (unpaired) electrons. The Hall–Kier alpha value is -1.27. The first-order valence-electron chi connectivity index (χ1n) is 4.79. The third-order valence-corrected chi connectivity index (χ3v) is 2.43. The van der Waals surface area contributed by atoms with E-state index in [1.54, 1.807) is 6.20 Å². The van der Waals surface area contributed by atoms with Gasteiger partial charge in [0, 0.05) is 25.7 Å². The Bertz CT molecular complexity index is 342. The number of nitriles is 1. The number of nitrogens with zero attached hydrogens (tertiary/aromatic N) is 3. The van der Waals surface area contributed by atoms with Crippen LogP contribution in [0.1, 0.15) is 12.5 Å². The fourth-order valence-corrected chi connectivity index (χ4v) is 1.42. The summed E-state index contributed by atoms with van der Waals surface area (Å²) < 4.78 is 0. The molecule has 0 aliphatic rings. The van der Waals surface area contributed by atoms with Crippen LogP contribution in [0.25, 0.3) is 0 Å². The van der Waals surface area contributed by atoms with Crippen LogP contribution in [0.4, 0.5) is 5.82 Å². The van der Waals surface area contributed by atoms with Crippen molar-refractivity contribution in [3.05, 3.63) is 23.9 Å². The molecule has 3 nitrogen and oxygen atoms in total. The topological polar surface area (TPSA) is 39.9 Å². The molecule has 0 aliphatic carbocycles. The molecular weight excluding hydrogens is 210 g/mol. The fourth-order valence-electron chi connectivity index (χ4n) is 1.27. The van der Waals surface area contributed by atoms with Gasteiger partial charge < -0.3 is 4.90 Å². The summed E-state index contributed by atoms with van der Waals surface area (Å²) in [5.74, 6) is 1.35. The van der Waals surface area contributed by atoms with Gasteiger partial charge in [0.1, 0.15) is 5.82 Å². The minimum atomic E-state index is 0.00417. The standard InChI is InChI=1S/C11H14ClN3/c1-9(6-13)8-15(2)11-4-3-10(5-12)7-14-11/h3-4,7,9H,5,8H2,1-2H3.